The molecule has 40 heavy (non-hydrogen) atoms. The zero-order valence-electron chi connectivity index (χ0n) is 21.9. The number of halogens is 2. The Balaban J connectivity index is 0.000000562. The molecule has 2 rings (SSSR count). The molecule has 0 bridgehead atoms. The van der Waals surface area contributed by atoms with Gasteiger partial charge >= 0.3 is 12.0 Å². The average Bonchev–Trinajstić information content (AvgIpc) is 2.91. The Labute approximate surface area is 242 Å². The number of benzene rings is 1. The molecule has 1 aromatic heterocycles. The van der Waals surface area contributed by atoms with Crippen LogP contribution in [0.4, 0.5) is 10.7 Å². The fourth-order valence-corrected chi connectivity index (χ4v) is 4.18. The van der Waals surface area contributed by atoms with Crippen LogP contribution >= 0.6 is 23.2 Å². The quantitative estimate of drug-likeness (QED) is 0.205. The highest BCUT2D eigenvalue weighted by molar-refractivity contribution is 7.89. The molecule has 1 heterocycles. The first-order chi connectivity index (χ1) is 18.9. The first-order valence-corrected chi connectivity index (χ1v) is 13.7. The number of nitrogens with one attached hydrogen (secondary N) is 2. The van der Waals surface area contributed by atoms with E-state index in [1.54, 1.807) is 24.3 Å². The van der Waals surface area contributed by atoms with Gasteiger partial charge in [-0.2, -0.15) is 9.97 Å². The minimum Gasteiger partial charge on any atom is -0.481 e. The molecule has 0 atom stereocenters. The molecule has 0 radical (unpaired) electrons. The van der Waals surface area contributed by atoms with E-state index in [0.29, 0.717) is 13.1 Å². The van der Waals surface area contributed by atoms with Gasteiger partial charge < -0.3 is 19.1 Å². The first kappa shape index (κ1) is 34.1. The standard InChI is InChI=1S/C16H18N4O7S.C8H11Cl2NO/c1-25-12-8-13(26-2)18-15(17-12)19-16(22)20-28(23,24)9-10-6-4-5-7-11(10)14(21)27-3;1-3-5-11(6-4-2)8(12)7(9)10/h4-8H,9H2,1-3H3,(H2,17,18,19,20,22);3-4,7H,1-2,5-6H2. The molecule has 218 valence electrons. The monoisotopic (exact) mass is 617 g/mol. The number of carbonyl (C=O) groups excluding carboxylic acids is 3. The van der Waals surface area contributed by atoms with Gasteiger partial charge in [0.25, 0.3) is 5.91 Å². The van der Waals surface area contributed by atoms with E-state index in [-0.39, 0.29) is 34.7 Å². The zero-order valence-corrected chi connectivity index (χ0v) is 24.3. The number of nitrogens with zero attached hydrogens (tertiary/aromatic N) is 3. The molecule has 0 saturated carbocycles. The predicted octanol–water partition coefficient (Wildman–Crippen LogP) is 2.92. The van der Waals surface area contributed by atoms with Crippen molar-refractivity contribution < 1.29 is 37.0 Å². The summed E-state index contributed by atoms with van der Waals surface area (Å²) in [6.07, 6.45) is 3.22. The summed E-state index contributed by atoms with van der Waals surface area (Å²) in [5.74, 6) is -1.63. The largest absolute Gasteiger partial charge is 0.481 e. The third-order valence-electron chi connectivity index (χ3n) is 4.54. The lowest BCUT2D eigenvalue weighted by molar-refractivity contribution is -0.128. The van der Waals surface area contributed by atoms with Crippen LogP contribution in [0.3, 0.4) is 0 Å². The van der Waals surface area contributed by atoms with Crippen LogP contribution < -0.4 is 19.5 Å². The number of sulfonamides is 1. The van der Waals surface area contributed by atoms with Crippen LogP contribution in [0.1, 0.15) is 15.9 Å². The minimum absolute atomic E-state index is 0.0802. The number of carbonyl (C=O) groups is 3. The van der Waals surface area contributed by atoms with Crippen molar-refractivity contribution in [2.45, 2.75) is 10.6 Å². The van der Waals surface area contributed by atoms with Gasteiger partial charge in [-0.15, -0.1) is 13.2 Å². The van der Waals surface area contributed by atoms with E-state index in [0.717, 1.165) is 0 Å². The van der Waals surface area contributed by atoms with Gasteiger partial charge in [0.15, 0.2) is 4.84 Å². The van der Waals surface area contributed by atoms with Gasteiger partial charge in [0.1, 0.15) is 0 Å². The van der Waals surface area contributed by atoms with Crippen molar-refractivity contribution >= 4 is 57.1 Å². The van der Waals surface area contributed by atoms with E-state index in [4.69, 9.17) is 32.7 Å². The number of aromatic nitrogens is 2. The zero-order chi connectivity index (χ0) is 30.3. The van der Waals surface area contributed by atoms with Crippen LogP contribution in [0.15, 0.2) is 55.6 Å². The molecule has 0 spiro atoms. The normalized spacial score (nSPS) is 10.3. The van der Waals surface area contributed by atoms with Crippen molar-refractivity contribution in [3.05, 3.63) is 66.8 Å². The number of anilines is 1. The van der Waals surface area contributed by atoms with E-state index in [1.807, 2.05) is 4.72 Å². The smallest absolute Gasteiger partial charge is 0.338 e. The molecule has 2 aromatic rings. The SMILES string of the molecule is C=CCN(CC=C)C(=O)C(Cl)Cl.COC(=O)c1ccccc1CS(=O)(=O)NC(=O)Nc1nc(OC)cc(OC)n1. The molecule has 3 amide bonds. The maximum Gasteiger partial charge on any atom is 0.338 e. The van der Waals surface area contributed by atoms with E-state index in [2.05, 4.69) is 33.2 Å². The highest BCUT2D eigenvalue weighted by atomic mass is 35.5. The Morgan fingerprint density at radius 2 is 1.57 bits per heavy atom. The van der Waals surface area contributed by atoms with Gasteiger partial charge in [0.05, 0.1) is 38.7 Å². The van der Waals surface area contributed by atoms with Crippen molar-refractivity contribution in [3.63, 3.8) is 0 Å². The number of esters is 1. The average molecular weight is 618 g/mol. The lowest BCUT2D eigenvalue weighted by Gasteiger charge is -2.19. The lowest BCUT2D eigenvalue weighted by atomic mass is 10.1. The third kappa shape index (κ3) is 11.5. The molecule has 0 unspecified atom stereocenters. The van der Waals surface area contributed by atoms with Crippen LogP contribution in [-0.4, -0.2) is 80.4 Å². The highest BCUT2D eigenvalue weighted by Gasteiger charge is 2.21. The van der Waals surface area contributed by atoms with Crippen molar-refractivity contribution in [3.8, 4) is 11.8 Å². The number of ether oxygens (including phenoxy) is 3. The summed E-state index contributed by atoms with van der Waals surface area (Å²) in [6, 6.07) is 6.28. The summed E-state index contributed by atoms with van der Waals surface area (Å²) in [6.45, 7) is 7.88. The summed E-state index contributed by atoms with van der Waals surface area (Å²) >= 11 is 10.8. The van der Waals surface area contributed by atoms with E-state index >= 15 is 0 Å². The number of hydrogen-bond donors (Lipinski definition) is 2. The molecular formula is C24H29Cl2N5O8S. The van der Waals surface area contributed by atoms with E-state index in [1.165, 1.54) is 44.4 Å². The third-order valence-corrected chi connectivity index (χ3v) is 6.10. The van der Waals surface area contributed by atoms with Crippen LogP contribution in [0.25, 0.3) is 0 Å². The summed E-state index contributed by atoms with van der Waals surface area (Å²) in [5, 5.41) is 2.18. The second-order valence-corrected chi connectivity index (χ2v) is 10.2. The molecule has 1 aromatic carbocycles. The number of methoxy groups -OCH3 is 3. The molecule has 0 aliphatic rings. The maximum absolute atomic E-state index is 12.3. The number of urea groups is 1. The van der Waals surface area contributed by atoms with E-state index in [9.17, 15) is 22.8 Å². The summed E-state index contributed by atoms with van der Waals surface area (Å²) in [7, 11) is -0.243. The summed E-state index contributed by atoms with van der Waals surface area (Å²) in [4.78, 5) is 43.1. The number of hydrogen-bond acceptors (Lipinski definition) is 10. The molecule has 16 heteroatoms. The molecule has 0 fully saturated rings. The van der Waals surface area contributed by atoms with Gasteiger partial charge in [0, 0.05) is 13.1 Å². The van der Waals surface area contributed by atoms with Gasteiger partial charge in [-0.3, -0.25) is 10.1 Å². The molecule has 0 saturated heterocycles. The fourth-order valence-electron chi connectivity index (χ4n) is 2.84. The Hall–Kier alpha value is -3.88. The molecule has 13 nitrogen and oxygen atoms in total. The van der Waals surface area contributed by atoms with Crippen molar-refractivity contribution in [2.24, 2.45) is 0 Å². The fraction of sp³-hybridized carbons (Fsp3) is 0.292. The Morgan fingerprint density at radius 3 is 2.05 bits per heavy atom. The molecule has 0 aliphatic heterocycles. The predicted molar refractivity (Wildman–Crippen MR) is 150 cm³/mol. The second-order valence-electron chi connectivity index (χ2n) is 7.36. The van der Waals surface area contributed by atoms with Crippen molar-refractivity contribution in [2.75, 3.05) is 39.7 Å². The first-order valence-electron chi connectivity index (χ1n) is 11.1. The Bertz CT molecular complexity index is 1280. The molecule has 2 N–H and O–H groups in total. The minimum atomic E-state index is -4.14. The van der Waals surface area contributed by atoms with Crippen LogP contribution in [0.2, 0.25) is 0 Å². The highest BCUT2D eigenvalue weighted by Crippen LogP contribution is 2.17. The maximum atomic E-state index is 12.3. The van der Waals surface area contributed by atoms with Gasteiger partial charge in [-0.05, 0) is 11.6 Å². The summed E-state index contributed by atoms with van der Waals surface area (Å²) < 4.78 is 40.9. The van der Waals surface area contributed by atoms with Gasteiger partial charge in [0.2, 0.25) is 27.7 Å². The Morgan fingerprint density at radius 1 is 1.02 bits per heavy atom. The van der Waals surface area contributed by atoms with Gasteiger partial charge in [-0.1, -0.05) is 53.6 Å². The van der Waals surface area contributed by atoms with Crippen LogP contribution in [-0.2, 0) is 25.3 Å². The molecule has 0 aliphatic carbocycles. The molecular weight excluding hydrogens is 589 g/mol. The van der Waals surface area contributed by atoms with Crippen LogP contribution in [0, 0.1) is 0 Å². The Kier molecular flexibility index (Phi) is 14.5. The van der Waals surface area contributed by atoms with Crippen molar-refractivity contribution in [1.82, 2.24) is 19.6 Å². The topological polar surface area (TPSA) is 166 Å². The summed E-state index contributed by atoms with van der Waals surface area (Å²) in [5.41, 5.74) is 0.255. The lowest BCUT2D eigenvalue weighted by Crippen LogP contribution is -2.36. The van der Waals surface area contributed by atoms with Crippen molar-refractivity contribution in [1.29, 1.82) is 0 Å². The number of amides is 3. The van der Waals surface area contributed by atoms with E-state index < -0.39 is 32.6 Å². The number of rotatable bonds is 12. The second kappa shape index (κ2) is 16.9. The van der Waals surface area contributed by atoms with Gasteiger partial charge in [-0.25, -0.2) is 22.7 Å². The van der Waals surface area contributed by atoms with Crippen LogP contribution in [0.5, 0.6) is 11.8 Å². The number of alkyl halides is 2.